The number of nitrogens with zero attached hydrogens (tertiary/aromatic N) is 1. The highest BCUT2D eigenvalue weighted by molar-refractivity contribution is 6.30. The third-order valence-electron chi connectivity index (χ3n) is 6.16. The van der Waals surface area contributed by atoms with Crippen LogP contribution in [0.25, 0.3) is 11.1 Å². The molecule has 1 aliphatic heterocycles. The summed E-state index contributed by atoms with van der Waals surface area (Å²) in [5.74, 6) is -0.0488. The van der Waals surface area contributed by atoms with E-state index in [1.807, 2.05) is 18.2 Å². The molecule has 3 aromatic rings. The molecule has 0 saturated carbocycles. The molecule has 1 aliphatic rings. The Labute approximate surface area is 227 Å². The van der Waals surface area contributed by atoms with E-state index in [0.717, 1.165) is 29.7 Å². The van der Waals surface area contributed by atoms with E-state index in [0.29, 0.717) is 39.7 Å². The van der Waals surface area contributed by atoms with Crippen LogP contribution in [0.4, 0.5) is 16.3 Å². The van der Waals surface area contributed by atoms with Gasteiger partial charge in [0.15, 0.2) is 6.10 Å². The van der Waals surface area contributed by atoms with E-state index in [4.69, 9.17) is 21.1 Å². The van der Waals surface area contributed by atoms with Gasteiger partial charge in [0, 0.05) is 27.5 Å². The first kappa shape index (κ1) is 27.4. The number of carboxylic acid groups (broad SMARTS) is 1. The van der Waals surface area contributed by atoms with Crippen LogP contribution in [-0.2, 0) is 16.0 Å². The number of hydrogen-bond donors (Lipinski definition) is 3. The van der Waals surface area contributed by atoms with E-state index in [-0.39, 0.29) is 5.82 Å². The molecule has 0 aliphatic carbocycles. The number of pyridine rings is 1. The minimum absolute atomic E-state index is 0.248. The molecule has 38 heavy (non-hydrogen) atoms. The number of aryl methyl sites for hydroxylation is 2. The number of aliphatic carboxylic acids is 1. The number of rotatable bonds is 6. The first-order valence-corrected chi connectivity index (χ1v) is 12.8. The van der Waals surface area contributed by atoms with Crippen LogP contribution in [0.15, 0.2) is 42.5 Å². The number of halogens is 1. The van der Waals surface area contributed by atoms with Gasteiger partial charge in [-0.25, -0.2) is 14.6 Å². The van der Waals surface area contributed by atoms with Crippen LogP contribution >= 0.6 is 11.6 Å². The van der Waals surface area contributed by atoms with Gasteiger partial charge in [0.2, 0.25) is 0 Å². The van der Waals surface area contributed by atoms with Gasteiger partial charge in [-0.3, -0.25) is 5.32 Å². The van der Waals surface area contributed by atoms with E-state index < -0.39 is 23.7 Å². The van der Waals surface area contributed by atoms with Gasteiger partial charge in [-0.05, 0) is 101 Å². The third-order valence-corrected chi connectivity index (χ3v) is 6.41. The lowest BCUT2D eigenvalue weighted by Crippen LogP contribution is -2.29. The van der Waals surface area contributed by atoms with Crippen molar-refractivity contribution in [2.75, 3.05) is 17.2 Å². The smallest absolute Gasteiger partial charge is 0.337 e. The zero-order chi connectivity index (χ0) is 27.6. The minimum atomic E-state index is -1.29. The number of carbonyl (C=O) groups is 2. The Balaban J connectivity index is 1.81. The molecule has 8 nitrogen and oxygen atoms in total. The number of nitrogens with one attached hydrogen (secondary N) is 2. The lowest BCUT2D eigenvalue weighted by molar-refractivity contribution is -0.160. The Morgan fingerprint density at radius 3 is 2.47 bits per heavy atom. The Kier molecular flexibility index (Phi) is 7.94. The largest absolute Gasteiger partial charge is 0.493 e. The first-order chi connectivity index (χ1) is 17.9. The molecule has 2 aromatic carbocycles. The molecule has 0 saturated heterocycles. The maximum Gasteiger partial charge on any atom is 0.337 e. The van der Waals surface area contributed by atoms with Gasteiger partial charge in [-0.2, -0.15) is 0 Å². The van der Waals surface area contributed by atoms with Crippen molar-refractivity contribution < 1.29 is 24.2 Å². The fourth-order valence-electron chi connectivity index (χ4n) is 4.54. The predicted molar refractivity (Wildman–Crippen MR) is 148 cm³/mol. The van der Waals surface area contributed by atoms with Crippen molar-refractivity contribution in [2.24, 2.45) is 0 Å². The maximum atomic E-state index is 12.8. The lowest BCUT2D eigenvalue weighted by Gasteiger charge is -2.29. The third kappa shape index (κ3) is 6.26. The summed E-state index contributed by atoms with van der Waals surface area (Å²) in [7, 11) is 0. The number of urea groups is 1. The average Bonchev–Trinajstić information content (AvgIpc) is 2.85. The summed E-state index contributed by atoms with van der Waals surface area (Å²) in [6.45, 7) is 9.64. The molecule has 0 radical (unpaired) electrons. The standard InChI is InChI=1S/C29H32ClN3O5/c1-16-23(25(27(34)35)38-29(3,4)5)24(19-8-13-22-18(15-19)7-6-14-37-22)17(2)31-26(16)33-28(36)32-21-11-9-20(30)10-12-21/h8-13,15,25H,6-7,14H2,1-5H3,(H,34,35)(H2,31,32,33,36). The second-order valence-electron chi connectivity index (χ2n) is 10.3. The maximum absolute atomic E-state index is 12.8. The van der Waals surface area contributed by atoms with E-state index in [9.17, 15) is 14.7 Å². The molecular weight excluding hydrogens is 506 g/mol. The zero-order valence-corrected chi connectivity index (χ0v) is 22.9. The predicted octanol–water partition coefficient (Wildman–Crippen LogP) is 6.93. The molecule has 1 unspecified atom stereocenters. The summed E-state index contributed by atoms with van der Waals surface area (Å²) < 4.78 is 11.8. The number of fused-ring (bicyclic) bond motifs is 1. The van der Waals surface area contributed by atoms with Crippen molar-refractivity contribution >= 4 is 35.1 Å². The number of aromatic nitrogens is 1. The van der Waals surface area contributed by atoms with Gasteiger partial charge in [0.25, 0.3) is 0 Å². The van der Waals surface area contributed by atoms with Crippen molar-refractivity contribution in [3.05, 3.63) is 69.9 Å². The summed E-state index contributed by atoms with van der Waals surface area (Å²) >= 11 is 5.93. The number of ether oxygens (including phenoxy) is 2. The van der Waals surface area contributed by atoms with Gasteiger partial charge in [-0.15, -0.1) is 0 Å². The number of carboxylic acids is 1. The van der Waals surface area contributed by atoms with E-state index in [1.165, 1.54) is 0 Å². The van der Waals surface area contributed by atoms with Crippen LogP contribution in [0, 0.1) is 13.8 Å². The second-order valence-corrected chi connectivity index (χ2v) is 10.7. The summed E-state index contributed by atoms with van der Waals surface area (Å²) in [6, 6.07) is 12.0. The molecule has 0 fully saturated rings. The first-order valence-electron chi connectivity index (χ1n) is 12.4. The van der Waals surface area contributed by atoms with Crippen LogP contribution in [0.2, 0.25) is 5.02 Å². The molecule has 0 bridgehead atoms. The van der Waals surface area contributed by atoms with Crippen LogP contribution < -0.4 is 15.4 Å². The van der Waals surface area contributed by atoms with Gasteiger partial charge in [-0.1, -0.05) is 17.7 Å². The normalized spacial score (nSPS) is 13.7. The molecule has 0 spiro atoms. The fraction of sp³-hybridized carbons (Fsp3) is 0.345. The van der Waals surface area contributed by atoms with Crippen molar-refractivity contribution in [2.45, 2.75) is 59.2 Å². The lowest BCUT2D eigenvalue weighted by atomic mass is 9.89. The molecule has 9 heteroatoms. The summed E-state index contributed by atoms with van der Waals surface area (Å²) in [6.07, 6.45) is 0.490. The van der Waals surface area contributed by atoms with Crippen molar-refractivity contribution in [1.82, 2.24) is 4.98 Å². The highest BCUT2D eigenvalue weighted by Crippen LogP contribution is 2.41. The Morgan fingerprint density at radius 2 is 1.82 bits per heavy atom. The van der Waals surface area contributed by atoms with E-state index in [1.54, 1.807) is 58.9 Å². The molecule has 2 heterocycles. The number of carbonyl (C=O) groups excluding carboxylic acids is 1. The van der Waals surface area contributed by atoms with Gasteiger partial charge in [0.05, 0.1) is 12.2 Å². The van der Waals surface area contributed by atoms with Crippen LogP contribution in [0.3, 0.4) is 0 Å². The summed E-state index contributed by atoms with van der Waals surface area (Å²) in [4.78, 5) is 30.1. The van der Waals surface area contributed by atoms with Gasteiger partial charge < -0.3 is 19.9 Å². The Morgan fingerprint density at radius 1 is 1.11 bits per heavy atom. The molecule has 3 N–H and O–H groups in total. The SMILES string of the molecule is Cc1nc(NC(=O)Nc2ccc(Cl)cc2)c(C)c(C(OC(C)(C)C)C(=O)O)c1-c1ccc2c(c1)CCCO2. The van der Waals surface area contributed by atoms with E-state index >= 15 is 0 Å². The minimum Gasteiger partial charge on any atom is -0.493 e. The number of hydrogen-bond acceptors (Lipinski definition) is 5. The summed E-state index contributed by atoms with van der Waals surface area (Å²) in [5.41, 5.74) is 3.86. The van der Waals surface area contributed by atoms with Gasteiger partial charge in [0.1, 0.15) is 11.6 Å². The fourth-order valence-corrected chi connectivity index (χ4v) is 4.66. The Bertz CT molecular complexity index is 1370. The molecular formula is C29H32ClN3O5. The summed E-state index contributed by atoms with van der Waals surface area (Å²) in [5, 5.41) is 16.4. The van der Waals surface area contributed by atoms with Gasteiger partial charge >= 0.3 is 12.0 Å². The van der Waals surface area contributed by atoms with E-state index in [2.05, 4.69) is 15.6 Å². The number of amides is 2. The van der Waals surface area contributed by atoms with Crippen LogP contribution in [0.5, 0.6) is 5.75 Å². The van der Waals surface area contributed by atoms with Crippen LogP contribution in [-0.4, -0.2) is 34.3 Å². The Hall–Kier alpha value is -3.62. The monoisotopic (exact) mass is 537 g/mol. The van der Waals surface area contributed by atoms with Crippen LogP contribution in [0.1, 0.15) is 55.7 Å². The quantitative estimate of drug-likeness (QED) is 0.314. The second kappa shape index (κ2) is 11.0. The molecule has 1 atom stereocenters. The highest BCUT2D eigenvalue weighted by Gasteiger charge is 2.33. The van der Waals surface area contributed by atoms with Crippen molar-refractivity contribution in [1.29, 1.82) is 0 Å². The van der Waals surface area contributed by atoms with Crippen molar-refractivity contribution in [3.8, 4) is 16.9 Å². The highest BCUT2D eigenvalue weighted by atomic mass is 35.5. The topological polar surface area (TPSA) is 110 Å². The number of anilines is 2. The average molecular weight is 538 g/mol. The molecule has 200 valence electrons. The van der Waals surface area contributed by atoms with Crippen molar-refractivity contribution in [3.63, 3.8) is 0 Å². The number of benzene rings is 2. The molecule has 1 aromatic heterocycles. The molecule has 2 amide bonds. The molecule has 4 rings (SSSR count). The zero-order valence-electron chi connectivity index (χ0n) is 22.1.